The van der Waals surface area contributed by atoms with Crippen molar-refractivity contribution in [2.24, 2.45) is 18.2 Å². The topological polar surface area (TPSA) is 90.4 Å². The lowest BCUT2D eigenvalue weighted by Crippen LogP contribution is -2.44. The Bertz CT molecular complexity index is 974. The van der Waals surface area contributed by atoms with Crippen LogP contribution in [0, 0.1) is 5.41 Å². The minimum Gasteiger partial charge on any atom is -0.449 e. The van der Waals surface area contributed by atoms with Crippen molar-refractivity contribution in [2.75, 3.05) is 24.6 Å². The van der Waals surface area contributed by atoms with Crippen molar-refractivity contribution in [1.29, 1.82) is 0 Å². The van der Waals surface area contributed by atoms with Gasteiger partial charge in [0.05, 0.1) is 22.8 Å². The van der Waals surface area contributed by atoms with Crippen LogP contribution >= 0.6 is 35.0 Å². The van der Waals surface area contributed by atoms with Gasteiger partial charge in [0, 0.05) is 30.4 Å². The van der Waals surface area contributed by atoms with Crippen LogP contribution in [0.25, 0.3) is 0 Å². The van der Waals surface area contributed by atoms with Crippen LogP contribution < -0.4 is 16.2 Å². The first-order chi connectivity index (χ1) is 13.7. The second-order valence-corrected chi connectivity index (χ2v) is 9.19. The van der Waals surface area contributed by atoms with Crippen LogP contribution in [0.2, 0.25) is 10.0 Å². The molecule has 1 amide bonds. The first-order valence-electron chi connectivity index (χ1n) is 9.05. The predicted molar refractivity (Wildman–Crippen MR) is 115 cm³/mol. The molecule has 1 aliphatic rings. The van der Waals surface area contributed by atoms with Crippen molar-refractivity contribution in [3.8, 4) is 0 Å². The summed E-state index contributed by atoms with van der Waals surface area (Å²) in [6.45, 7) is 3.62. The van der Waals surface area contributed by atoms with E-state index in [2.05, 4.69) is 4.98 Å². The van der Waals surface area contributed by atoms with Crippen molar-refractivity contribution in [2.45, 2.75) is 29.7 Å². The van der Waals surface area contributed by atoms with Crippen LogP contribution in [-0.2, 0) is 11.8 Å². The quantitative estimate of drug-likeness (QED) is 0.732. The maximum absolute atomic E-state index is 12.9. The molecule has 29 heavy (non-hydrogen) atoms. The van der Waals surface area contributed by atoms with E-state index in [1.165, 1.54) is 11.8 Å². The third-order valence-electron chi connectivity index (χ3n) is 5.09. The molecular weight excluding hydrogens is 435 g/mol. The average Bonchev–Trinajstić information content (AvgIpc) is 2.69. The Labute approximate surface area is 183 Å². The normalized spacial score (nSPS) is 15.9. The zero-order valence-corrected chi connectivity index (χ0v) is 18.5. The van der Waals surface area contributed by atoms with Crippen LogP contribution in [0.3, 0.4) is 0 Å². The highest BCUT2D eigenvalue weighted by molar-refractivity contribution is 7.99. The number of hydrogen-bond acceptors (Lipinski definition) is 6. The molecule has 1 aromatic carbocycles. The summed E-state index contributed by atoms with van der Waals surface area (Å²) in [5, 5.41) is 1.58. The highest BCUT2D eigenvalue weighted by Gasteiger charge is 2.32. The molecular formula is C19H22Cl2N4O3S. The van der Waals surface area contributed by atoms with Gasteiger partial charge < -0.3 is 19.9 Å². The lowest BCUT2D eigenvalue weighted by Gasteiger charge is -2.39. The number of carbonyl (C=O) groups is 1. The fourth-order valence-electron chi connectivity index (χ4n) is 3.14. The standard InChI is InChI=1S/C19H22Cl2N4O3S/c1-19(11-28-18(22)27)6-8-25(9-7-19)16-17(26)24(2)14(10-23-16)29-13-5-3-4-12(20)15(13)21/h3-5,10H,6-9,11H2,1-2H3,(H2,22,27). The largest absolute Gasteiger partial charge is 0.449 e. The van der Waals surface area contributed by atoms with Crippen LogP contribution in [0.5, 0.6) is 0 Å². The maximum Gasteiger partial charge on any atom is 0.404 e. The molecule has 1 saturated heterocycles. The van der Waals surface area contributed by atoms with Gasteiger partial charge in [-0.2, -0.15) is 0 Å². The number of amides is 1. The molecule has 2 aromatic rings. The molecule has 0 saturated carbocycles. The Hall–Kier alpha value is -1.90. The van der Waals surface area contributed by atoms with Gasteiger partial charge in [-0.05, 0) is 25.0 Å². The molecule has 0 bridgehead atoms. The highest BCUT2D eigenvalue weighted by atomic mass is 35.5. The molecule has 2 N–H and O–H groups in total. The molecule has 10 heteroatoms. The third-order valence-corrected chi connectivity index (χ3v) is 7.17. The van der Waals surface area contributed by atoms with Gasteiger partial charge in [-0.1, -0.05) is 48.0 Å². The van der Waals surface area contributed by atoms with Gasteiger partial charge in [0.1, 0.15) is 5.03 Å². The Balaban J connectivity index is 1.74. The number of rotatable bonds is 5. The molecule has 2 heterocycles. The maximum atomic E-state index is 12.9. The summed E-state index contributed by atoms with van der Waals surface area (Å²) in [5.74, 6) is 0.409. The monoisotopic (exact) mass is 456 g/mol. The van der Waals surface area contributed by atoms with E-state index in [0.717, 1.165) is 17.7 Å². The predicted octanol–water partition coefficient (Wildman–Crippen LogP) is 3.94. The summed E-state index contributed by atoms with van der Waals surface area (Å²) in [7, 11) is 1.71. The minimum absolute atomic E-state index is 0.157. The zero-order valence-electron chi connectivity index (χ0n) is 16.2. The van der Waals surface area contributed by atoms with Crippen LogP contribution in [-0.4, -0.2) is 35.3 Å². The summed E-state index contributed by atoms with van der Waals surface area (Å²) in [4.78, 5) is 30.9. The molecule has 1 aromatic heterocycles. The molecule has 7 nitrogen and oxygen atoms in total. The molecule has 156 valence electrons. The SMILES string of the molecule is Cn1c(Sc2cccc(Cl)c2Cl)cnc(N2CCC(C)(COC(N)=O)CC2)c1=O. The van der Waals surface area contributed by atoms with Gasteiger partial charge in [-0.3, -0.25) is 4.79 Å². The number of benzene rings is 1. The summed E-state index contributed by atoms with van der Waals surface area (Å²) in [6, 6.07) is 5.37. The summed E-state index contributed by atoms with van der Waals surface area (Å²) < 4.78 is 6.54. The van der Waals surface area contributed by atoms with E-state index in [1.807, 2.05) is 24.0 Å². The van der Waals surface area contributed by atoms with Gasteiger partial charge in [-0.15, -0.1) is 0 Å². The fraction of sp³-hybridized carbons (Fsp3) is 0.421. The van der Waals surface area contributed by atoms with Crippen LogP contribution in [0.1, 0.15) is 19.8 Å². The minimum atomic E-state index is -0.767. The van der Waals surface area contributed by atoms with E-state index in [0.29, 0.717) is 34.0 Å². The number of nitrogens with two attached hydrogens (primary N) is 1. The lowest BCUT2D eigenvalue weighted by atomic mass is 9.81. The molecule has 0 radical (unpaired) electrons. The second kappa shape index (κ2) is 8.85. The lowest BCUT2D eigenvalue weighted by molar-refractivity contribution is 0.0818. The summed E-state index contributed by atoms with van der Waals surface area (Å²) in [6.07, 6.45) is 2.43. The first kappa shape index (κ1) is 21.8. The van der Waals surface area contributed by atoms with Gasteiger partial charge in [0.15, 0.2) is 5.82 Å². The van der Waals surface area contributed by atoms with E-state index in [1.54, 1.807) is 23.9 Å². The first-order valence-corrected chi connectivity index (χ1v) is 10.6. The number of piperidine rings is 1. The Kier molecular flexibility index (Phi) is 6.65. The van der Waals surface area contributed by atoms with Crippen molar-refractivity contribution in [1.82, 2.24) is 9.55 Å². The van der Waals surface area contributed by atoms with Gasteiger partial charge in [-0.25, -0.2) is 9.78 Å². The van der Waals surface area contributed by atoms with Crippen molar-refractivity contribution < 1.29 is 9.53 Å². The number of primary amides is 1. The number of carbonyl (C=O) groups excluding carboxylic acids is 1. The summed E-state index contributed by atoms with van der Waals surface area (Å²) >= 11 is 13.7. The number of anilines is 1. The zero-order chi connectivity index (χ0) is 21.2. The van der Waals surface area contributed by atoms with Gasteiger partial charge in [0.25, 0.3) is 5.56 Å². The van der Waals surface area contributed by atoms with E-state index in [4.69, 9.17) is 33.7 Å². The van der Waals surface area contributed by atoms with Gasteiger partial charge in [0.2, 0.25) is 0 Å². The number of aromatic nitrogens is 2. The van der Waals surface area contributed by atoms with Crippen molar-refractivity contribution in [3.63, 3.8) is 0 Å². The van der Waals surface area contributed by atoms with E-state index < -0.39 is 6.09 Å². The molecule has 0 aliphatic carbocycles. The van der Waals surface area contributed by atoms with Crippen molar-refractivity contribution in [3.05, 3.63) is 44.8 Å². The van der Waals surface area contributed by atoms with E-state index in [9.17, 15) is 9.59 Å². The molecule has 1 fully saturated rings. The van der Waals surface area contributed by atoms with Gasteiger partial charge >= 0.3 is 6.09 Å². The molecule has 3 rings (SSSR count). The average molecular weight is 457 g/mol. The smallest absolute Gasteiger partial charge is 0.404 e. The summed E-state index contributed by atoms with van der Waals surface area (Å²) in [5.41, 5.74) is 4.73. The number of hydrogen-bond donors (Lipinski definition) is 1. The number of halogens is 2. The van der Waals surface area contributed by atoms with E-state index in [-0.39, 0.29) is 17.6 Å². The Morgan fingerprint density at radius 1 is 1.34 bits per heavy atom. The Morgan fingerprint density at radius 2 is 2.03 bits per heavy atom. The Morgan fingerprint density at radius 3 is 2.69 bits per heavy atom. The van der Waals surface area contributed by atoms with E-state index >= 15 is 0 Å². The molecule has 0 atom stereocenters. The molecule has 0 spiro atoms. The number of ether oxygens (including phenoxy) is 1. The second-order valence-electron chi connectivity index (χ2n) is 7.34. The van der Waals surface area contributed by atoms with Crippen molar-refractivity contribution >= 4 is 46.9 Å². The highest BCUT2D eigenvalue weighted by Crippen LogP contribution is 2.37. The fourth-order valence-corrected chi connectivity index (χ4v) is 4.51. The third kappa shape index (κ3) is 4.99. The van der Waals surface area contributed by atoms with Crippen LogP contribution in [0.15, 0.2) is 39.1 Å². The molecule has 1 aliphatic heterocycles. The van der Waals surface area contributed by atoms with Crippen LogP contribution in [0.4, 0.5) is 10.6 Å². The molecule has 0 unspecified atom stereocenters. The number of nitrogens with zero attached hydrogens (tertiary/aromatic N) is 3.